The Morgan fingerprint density at radius 1 is 1.56 bits per heavy atom. The molecule has 0 saturated carbocycles. The molecule has 1 saturated heterocycles. The van der Waals surface area contributed by atoms with Crippen LogP contribution in [0.3, 0.4) is 0 Å². The minimum Gasteiger partial charge on any atom is -0.480 e. The van der Waals surface area contributed by atoms with E-state index in [0.717, 1.165) is 36.8 Å². The first-order valence-corrected chi connectivity index (χ1v) is 7.09. The van der Waals surface area contributed by atoms with Crippen LogP contribution in [0, 0.1) is 0 Å². The molecular formula is C11H14BrNO2S. The molecular weight excluding hydrogens is 290 g/mol. The molecule has 1 fully saturated rings. The van der Waals surface area contributed by atoms with E-state index in [-0.39, 0.29) is 6.04 Å². The molecule has 2 rings (SSSR count). The van der Waals surface area contributed by atoms with Crippen molar-refractivity contribution in [2.45, 2.75) is 31.8 Å². The smallest absolute Gasteiger partial charge is 0.320 e. The van der Waals surface area contributed by atoms with Crippen LogP contribution in [-0.2, 0) is 11.3 Å². The molecule has 0 bridgehead atoms. The van der Waals surface area contributed by atoms with Crippen LogP contribution < -0.4 is 0 Å². The minimum atomic E-state index is -0.689. The molecule has 1 aliphatic rings. The number of hydrogen-bond donors (Lipinski definition) is 1. The van der Waals surface area contributed by atoms with Gasteiger partial charge in [-0.1, -0.05) is 6.42 Å². The molecule has 3 nitrogen and oxygen atoms in total. The zero-order valence-electron chi connectivity index (χ0n) is 8.86. The largest absolute Gasteiger partial charge is 0.480 e. The van der Waals surface area contributed by atoms with Crippen LogP contribution in [0.2, 0.25) is 0 Å². The van der Waals surface area contributed by atoms with Gasteiger partial charge in [0.05, 0.1) is 0 Å². The highest BCUT2D eigenvalue weighted by Crippen LogP contribution is 2.26. The Bertz CT molecular complexity index is 380. The van der Waals surface area contributed by atoms with E-state index in [9.17, 15) is 4.79 Å². The molecule has 16 heavy (non-hydrogen) atoms. The maximum atomic E-state index is 11.1. The predicted molar refractivity (Wildman–Crippen MR) is 67.7 cm³/mol. The van der Waals surface area contributed by atoms with Crippen molar-refractivity contribution < 1.29 is 9.90 Å². The summed E-state index contributed by atoms with van der Waals surface area (Å²) >= 11 is 5.13. The summed E-state index contributed by atoms with van der Waals surface area (Å²) in [6, 6.07) is -0.305. The topological polar surface area (TPSA) is 40.5 Å². The lowest BCUT2D eigenvalue weighted by Crippen LogP contribution is -2.43. The van der Waals surface area contributed by atoms with E-state index in [1.165, 1.54) is 5.56 Å². The van der Waals surface area contributed by atoms with Gasteiger partial charge in [-0.05, 0) is 46.3 Å². The van der Waals surface area contributed by atoms with Gasteiger partial charge in [-0.25, -0.2) is 0 Å². The van der Waals surface area contributed by atoms with E-state index in [0.29, 0.717) is 0 Å². The van der Waals surface area contributed by atoms with Gasteiger partial charge in [0, 0.05) is 16.4 Å². The van der Waals surface area contributed by atoms with Gasteiger partial charge in [0.1, 0.15) is 6.04 Å². The van der Waals surface area contributed by atoms with E-state index in [1.807, 2.05) is 5.38 Å². The van der Waals surface area contributed by atoms with Crippen molar-refractivity contribution in [1.29, 1.82) is 0 Å². The molecule has 1 N–H and O–H groups in total. The predicted octanol–water partition coefficient (Wildman–Crippen LogP) is 2.95. The fraction of sp³-hybridized carbons (Fsp3) is 0.545. The van der Waals surface area contributed by atoms with E-state index in [1.54, 1.807) is 11.3 Å². The summed E-state index contributed by atoms with van der Waals surface area (Å²) < 4.78 is 1.09. The number of likely N-dealkylation sites (tertiary alicyclic amines) is 1. The average Bonchev–Trinajstić information content (AvgIpc) is 2.65. The highest BCUT2D eigenvalue weighted by Gasteiger charge is 2.28. The Labute approximate surface area is 107 Å². The van der Waals surface area contributed by atoms with Gasteiger partial charge in [0.15, 0.2) is 0 Å². The number of thiophene rings is 1. The van der Waals surface area contributed by atoms with Gasteiger partial charge >= 0.3 is 5.97 Å². The van der Waals surface area contributed by atoms with Crippen molar-refractivity contribution in [3.63, 3.8) is 0 Å². The number of rotatable bonds is 3. The molecule has 0 amide bonds. The van der Waals surface area contributed by atoms with E-state index in [4.69, 9.17) is 5.11 Å². The summed E-state index contributed by atoms with van der Waals surface area (Å²) in [7, 11) is 0. The van der Waals surface area contributed by atoms with Gasteiger partial charge < -0.3 is 5.11 Å². The summed E-state index contributed by atoms with van der Waals surface area (Å²) in [4.78, 5) is 13.2. The fourth-order valence-corrected chi connectivity index (χ4v) is 3.52. The first-order chi connectivity index (χ1) is 7.68. The monoisotopic (exact) mass is 303 g/mol. The summed E-state index contributed by atoms with van der Waals surface area (Å²) in [5, 5.41) is 13.3. The van der Waals surface area contributed by atoms with Crippen LogP contribution in [0.15, 0.2) is 15.2 Å². The highest BCUT2D eigenvalue weighted by atomic mass is 79.9. The lowest BCUT2D eigenvalue weighted by atomic mass is 10.0. The third kappa shape index (κ3) is 2.64. The number of carbonyl (C=O) groups is 1. The second kappa shape index (κ2) is 5.29. The number of halogens is 1. The molecule has 1 aromatic heterocycles. The molecule has 0 aliphatic carbocycles. The van der Waals surface area contributed by atoms with Crippen LogP contribution >= 0.6 is 27.3 Å². The highest BCUT2D eigenvalue weighted by molar-refractivity contribution is 9.10. The maximum absolute atomic E-state index is 11.1. The lowest BCUT2D eigenvalue weighted by molar-refractivity contribution is -0.144. The van der Waals surface area contributed by atoms with Crippen molar-refractivity contribution >= 4 is 33.2 Å². The third-order valence-electron chi connectivity index (χ3n) is 2.96. The van der Waals surface area contributed by atoms with Crippen LogP contribution in [0.1, 0.15) is 24.8 Å². The summed E-state index contributed by atoms with van der Waals surface area (Å²) in [6.45, 7) is 1.63. The van der Waals surface area contributed by atoms with Crippen LogP contribution in [0.5, 0.6) is 0 Å². The van der Waals surface area contributed by atoms with Crippen LogP contribution in [0.25, 0.3) is 0 Å². The number of hydrogen-bond acceptors (Lipinski definition) is 3. The van der Waals surface area contributed by atoms with Crippen LogP contribution in [0.4, 0.5) is 0 Å². The molecule has 1 atom stereocenters. The number of piperidine rings is 1. The van der Waals surface area contributed by atoms with E-state index < -0.39 is 5.97 Å². The van der Waals surface area contributed by atoms with Crippen molar-refractivity contribution in [2.24, 2.45) is 0 Å². The Morgan fingerprint density at radius 3 is 3.00 bits per heavy atom. The van der Waals surface area contributed by atoms with Gasteiger partial charge in [0.2, 0.25) is 0 Å². The standard InChI is InChI=1S/C11H14BrNO2S/c12-9-7-16-6-8(9)5-13-4-2-1-3-10(13)11(14)15/h6-7,10H,1-5H2,(H,14,15). The fourth-order valence-electron chi connectivity index (χ4n) is 2.10. The van der Waals surface area contributed by atoms with E-state index in [2.05, 4.69) is 26.2 Å². The number of carboxylic acids is 1. The van der Waals surface area contributed by atoms with Gasteiger partial charge in [-0.3, -0.25) is 9.69 Å². The number of nitrogens with zero attached hydrogens (tertiary/aromatic N) is 1. The summed E-state index contributed by atoms with van der Waals surface area (Å²) in [5.74, 6) is -0.689. The maximum Gasteiger partial charge on any atom is 0.320 e. The second-order valence-corrected chi connectivity index (χ2v) is 5.66. The van der Waals surface area contributed by atoms with Gasteiger partial charge in [-0.15, -0.1) is 0 Å². The van der Waals surface area contributed by atoms with Crippen LogP contribution in [-0.4, -0.2) is 28.6 Å². The first-order valence-electron chi connectivity index (χ1n) is 5.36. The normalized spacial score (nSPS) is 22.2. The van der Waals surface area contributed by atoms with E-state index >= 15 is 0 Å². The van der Waals surface area contributed by atoms with Gasteiger partial charge in [-0.2, -0.15) is 11.3 Å². The third-order valence-corrected chi connectivity index (χ3v) is 4.79. The first kappa shape index (κ1) is 12.1. The molecule has 0 aromatic carbocycles. The SMILES string of the molecule is O=C(O)C1CCCCN1Cc1cscc1Br. The Kier molecular flexibility index (Phi) is 4.00. The number of aliphatic carboxylic acids is 1. The summed E-state index contributed by atoms with van der Waals surface area (Å²) in [6.07, 6.45) is 2.90. The van der Waals surface area contributed by atoms with Crippen molar-refractivity contribution in [2.75, 3.05) is 6.54 Å². The molecule has 2 heterocycles. The Balaban J connectivity index is 2.07. The average molecular weight is 304 g/mol. The zero-order valence-corrected chi connectivity index (χ0v) is 11.3. The molecule has 0 radical (unpaired) electrons. The van der Waals surface area contributed by atoms with Gasteiger partial charge in [0.25, 0.3) is 0 Å². The molecule has 0 spiro atoms. The quantitative estimate of drug-likeness (QED) is 0.933. The zero-order chi connectivity index (χ0) is 11.5. The number of carboxylic acid groups (broad SMARTS) is 1. The Morgan fingerprint density at radius 2 is 2.38 bits per heavy atom. The molecule has 1 unspecified atom stereocenters. The molecule has 1 aliphatic heterocycles. The van der Waals surface area contributed by atoms with Crippen molar-refractivity contribution in [3.8, 4) is 0 Å². The van der Waals surface area contributed by atoms with Crippen molar-refractivity contribution in [3.05, 3.63) is 20.8 Å². The molecule has 1 aromatic rings. The Hall–Kier alpha value is -0.390. The molecule has 5 heteroatoms. The summed E-state index contributed by atoms with van der Waals surface area (Å²) in [5.41, 5.74) is 1.19. The second-order valence-electron chi connectivity index (χ2n) is 4.07. The lowest BCUT2D eigenvalue weighted by Gasteiger charge is -2.32. The molecule has 88 valence electrons. The minimum absolute atomic E-state index is 0.305. The van der Waals surface area contributed by atoms with Crippen molar-refractivity contribution in [1.82, 2.24) is 4.90 Å².